The third-order valence-corrected chi connectivity index (χ3v) is 4.27. The molecule has 1 N–H and O–H groups in total. The number of hydrogen-bond donors (Lipinski definition) is 1. The second-order valence-electron chi connectivity index (χ2n) is 5.34. The number of hydrogen-bond acceptors (Lipinski definition) is 5. The van der Waals surface area contributed by atoms with Gasteiger partial charge < -0.3 is 14.8 Å². The third kappa shape index (κ3) is 6.64. The molecule has 0 bridgehead atoms. The quantitative estimate of drug-likeness (QED) is 0.438. The number of methoxy groups -OCH3 is 1. The minimum atomic E-state index is -0.557. The summed E-state index contributed by atoms with van der Waals surface area (Å²) in [4.78, 5) is 24.6. The van der Waals surface area contributed by atoms with Gasteiger partial charge >= 0.3 is 5.97 Å². The number of carbonyl (C=O) groups excluding carboxylic acids is 2. The molecular formula is C20H21NO4S. The molecule has 0 aliphatic rings. The lowest BCUT2D eigenvalue weighted by molar-refractivity contribution is -0.143. The van der Waals surface area contributed by atoms with Gasteiger partial charge in [-0.1, -0.05) is 24.3 Å². The van der Waals surface area contributed by atoms with Crippen molar-refractivity contribution in [1.82, 2.24) is 5.32 Å². The number of carbonyl (C=O) groups is 2. The Hall–Kier alpha value is -2.73. The fraction of sp³-hybridized carbons (Fsp3) is 0.200. The predicted molar refractivity (Wildman–Crippen MR) is 103 cm³/mol. The van der Waals surface area contributed by atoms with Gasteiger partial charge in [0.1, 0.15) is 5.75 Å². The maximum Gasteiger partial charge on any atom is 0.331 e. The van der Waals surface area contributed by atoms with E-state index in [0.29, 0.717) is 6.54 Å². The van der Waals surface area contributed by atoms with Gasteiger partial charge in [0.25, 0.3) is 5.91 Å². The minimum absolute atomic E-state index is 0.315. The van der Waals surface area contributed by atoms with E-state index in [9.17, 15) is 9.59 Å². The van der Waals surface area contributed by atoms with Crippen molar-refractivity contribution in [2.45, 2.75) is 11.4 Å². The lowest BCUT2D eigenvalue weighted by atomic mass is 10.2. The first kappa shape index (κ1) is 19.6. The van der Waals surface area contributed by atoms with Gasteiger partial charge in [-0.2, -0.15) is 0 Å². The normalized spacial score (nSPS) is 10.5. The highest BCUT2D eigenvalue weighted by Gasteiger charge is 2.05. The Bertz CT molecular complexity index is 754. The van der Waals surface area contributed by atoms with Gasteiger partial charge in [0.2, 0.25) is 0 Å². The molecule has 0 aliphatic heterocycles. The first-order valence-corrected chi connectivity index (χ1v) is 9.21. The van der Waals surface area contributed by atoms with Crippen molar-refractivity contribution in [3.8, 4) is 5.75 Å². The number of thioether (sulfide) groups is 1. The average molecular weight is 371 g/mol. The van der Waals surface area contributed by atoms with Gasteiger partial charge in [0.15, 0.2) is 6.61 Å². The third-order valence-electron chi connectivity index (χ3n) is 3.52. The van der Waals surface area contributed by atoms with Crippen molar-refractivity contribution in [1.29, 1.82) is 0 Å². The van der Waals surface area contributed by atoms with Crippen LogP contribution in [0.25, 0.3) is 6.08 Å². The summed E-state index contributed by atoms with van der Waals surface area (Å²) in [7, 11) is 1.60. The van der Waals surface area contributed by atoms with E-state index in [2.05, 4.69) is 5.32 Å². The highest BCUT2D eigenvalue weighted by atomic mass is 32.2. The molecule has 0 aromatic heterocycles. The smallest absolute Gasteiger partial charge is 0.331 e. The number of amides is 1. The fourth-order valence-corrected chi connectivity index (χ4v) is 2.47. The van der Waals surface area contributed by atoms with Gasteiger partial charge in [-0.25, -0.2) is 4.79 Å². The Balaban J connectivity index is 1.71. The van der Waals surface area contributed by atoms with E-state index in [1.165, 1.54) is 6.08 Å². The SMILES string of the molecule is COc1ccc(CNC(=O)COC(=O)/C=C/c2ccc(SC)cc2)cc1. The summed E-state index contributed by atoms with van der Waals surface area (Å²) in [5, 5.41) is 2.69. The summed E-state index contributed by atoms with van der Waals surface area (Å²) < 4.78 is 10.0. The van der Waals surface area contributed by atoms with Crippen LogP contribution in [0.2, 0.25) is 0 Å². The van der Waals surface area contributed by atoms with Crippen LogP contribution >= 0.6 is 11.8 Å². The Morgan fingerprint density at radius 2 is 1.77 bits per heavy atom. The molecular weight excluding hydrogens is 350 g/mol. The molecule has 136 valence electrons. The molecule has 0 unspecified atom stereocenters. The molecule has 0 radical (unpaired) electrons. The van der Waals surface area contributed by atoms with Gasteiger partial charge in [-0.05, 0) is 47.7 Å². The van der Waals surface area contributed by atoms with Crippen LogP contribution < -0.4 is 10.1 Å². The Morgan fingerprint density at radius 3 is 2.38 bits per heavy atom. The number of ether oxygens (including phenoxy) is 2. The Kier molecular flexibility index (Phi) is 7.76. The number of nitrogens with one attached hydrogen (secondary N) is 1. The molecule has 0 atom stereocenters. The van der Waals surface area contributed by atoms with Crippen LogP contribution in [0.3, 0.4) is 0 Å². The minimum Gasteiger partial charge on any atom is -0.497 e. The monoisotopic (exact) mass is 371 g/mol. The summed E-state index contributed by atoms with van der Waals surface area (Å²) in [6, 6.07) is 15.1. The Labute approximate surface area is 157 Å². The van der Waals surface area contributed by atoms with Crippen LogP contribution in [0.4, 0.5) is 0 Å². The van der Waals surface area contributed by atoms with Crippen molar-refractivity contribution in [2.24, 2.45) is 0 Å². The first-order valence-electron chi connectivity index (χ1n) is 7.99. The number of rotatable bonds is 8. The van der Waals surface area contributed by atoms with Crippen LogP contribution in [0.15, 0.2) is 59.5 Å². The van der Waals surface area contributed by atoms with E-state index in [4.69, 9.17) is 9.47 Å². The number of esters is 1. The van der Waals surface area contributed by atoms with E-state index >= 15 is 0 Å². The van der Waals surface area contributed by atoms with Crippen molar-refractivity contribution in [3.05, 3.63) is 65.7 Å². The molecule has 2 rings (SSSR count). The highest BCUT2D eigenvalue weighted by molar-refractivity contribution is 7.98. The van der Waals surface area contributed by atoms with E-state index < -0.39 is 5.97 Å². The first-order chi connectivity index (χ1) is 12.6. The maximum absolute atomic E-state index is 11.7. The lowest BCUT2D eigenvalue weighted by Crippen LogP contribution is -2.28. The molecule has 6 heteroatoms. The molecule has 26 heavy (non-hydrogen) atoms. The molecule has 1 amide bonds. The molecule has 0 heterocycles. The maximum atomic E-state index is 11.7. The van der Waals surface area contributed by atoms with Crippen molar-refractivity contribution in [3.63, 3.8) is 0 Å². The van der Waals surface area contributed by atoms with Crippen LogP contribution in [0.1, 0.15) is 11.1 Å². The second-order valence-corrected chi connectivity index (χ2v) is 6.22. The topological polar surface area (TPSA) is 64.6 Å². The van der Waals surface area contributed by atoms with Crippen LogP contribution in [-0.2, 0) is 20.9 Å². The highest BCUT2D eigenvalue weighted by Crippen LogP contribution is 2.15. The molecule has 0 saturated heterocycles. The molecule has 0 aliphatic carbocycles. The molecule has 2 aromatic carbocycles. The average Bonchev–Trinajstić information content (AvgIpc) is 2.69. The number of benzene rings is 2. The van der Waals surface area contributed by atoms with E-state index in [0.717, 1.165) is 21.8 Å². The van der Waals surface area contributed by atoms with Crippen molar-refractivity contribution < 1.29 is 19.1 Å². The van der Waals surface area contributed by atoms with Crippen molar-refractivity contribution in [2.75, 3.05) is 20.0 Å². The standard InChI is InChI=1S/C20H21NO4S/c1-24-17-8-3-16(4-9-17)13-21-19(22)14-25-20(23)12-7-15-5-10-18(26-2)11-6-15/h3-12H,13-14H2,1-2H3,(H,21,22)/b12-7+. The van der Waals surface area contributed by atoms with Crippen LogP contribution in [0, 0.1) is 0 Å². The van der Waals surface area contributed by atoms with Gasteiger partial charge in [0, 0.05) is 17.5 Å². The van der Waals surface area contributed by atoms with E-state index in [1.807, 2.05) is 54.8 Å². The zero-order valence-electron chi connectivity index (χ0n) is 14.7. The van der Waals surface area contributed by atoms with Crippen LogP contribution in [-0.4, -0.2) is 31.8 Å². The molecule has 0 fully saturated rings. The lowest BCUT2D eigenvalue weighted by Gasteiger charge is -2.06. The predicted octanol–water partition coefficient (Wildman–Crippen LogP) is 3.29. The summed E-state index contributed by atoms with van der Waals surface area (Å²) in [6.45, 7) is 0.0444. The second kappa shape index (κ2) is 10.3. The summed E-state index contributed by atoms with van der Waals surface area (Å²) in [6.07, 6.45) is 4.97. The van der Waals surface area contributed by atoms with Crippen LogP contribution in [0.5, 0.6) is 5.75 Å². The van der Waals surface area contributed by atoms with E-state index in [-0.39, 0.29) is 12.5 Å². The van der Waals surface area contributed by atoms with E-state index in [1.54, 1.807) is 24.9 Å². The molecule has 2 aromatic rings. The zero-order chi connectivity index (χ0) is 18.8. The van der Waals surface area contributed by atoms with Gasteiger partial charge in [0.05, 0.1) is 7.11 Å². The largest absolute Gasteiger partial charge is 0.497 e. The summed E-state index contributed by atoms with van der Waals surface area (Å²) in [5.74, 6) is -0.158. The zero-order valence-corrected chi connectivity index (χ0v) is 15.5. The van der Waals surface area contributed by atoms with Gasteiger partial charge in [-0.15, -0.1) is 11.8 Å². The summed E-state index contributed by atoms with van der Waals surface area (Å²) >= 11 is 1.65. The van der Waals surface area contributed by atoms with Gasteiger partial charge in [-0.3, -0.25) is 4.79 Å². The fourth-order valence-electron chi connectivity index (χ4n) is 2.06. The molecule has 5 nitrogen and oxygen atoms in total. The molecule has 0 saturated carbocycles. The molecule has 0 spiro atoms. The Morgan fingerprint density at radius 1 is 1.08 bits per heavy atom. The summed E-state index contributed by atoms with van der Waals surface area (Å²) in [5.41, 5.74) is 1.82. The van der Waals surface area contributed by atoms with Crippen molar-refractivity contribution >= 4 is 29.7 Å².